The summed E-state index contributed by atoms with van der Waals surface area (Å²) in [6.45, 7) is 9.32. The highest BCUT2D eigenvalue weighted by Gasteiger charge is 2.28. The number of amides is 1. The molecule has 1 heterocycles. The van der Waals surface area contributed by atoms with Crippen LogP contribution in [0.25, 0.3) is 0 Å². The number of hydrogen-bond acceptors (Lipinski definition) is 2. The molecule has 3 rings (SSSR count). The molecule has 138 valence electrons. The zero-order chi connectivity index (χ0) is 18.7. The third-order valence-electron chi connectivity index (χ3n) is 5.04. The maximum atomic E-state index is 13.4. The number of carbonyl (C=O) groups is 1. The lowest BCUT2D eigenvalue weighted by molar-refractivity contribution is -0.894. The number of halogens is 1. The Morgan fingerprint density at radius 3 is 2.81 bits per heavy atom. The number of rotatable bonds is 4. The number of piperazine rings is 1. The number of anilines is 2. The maximum Gasteiger partial charge on any atom is 0.279 e. The number of aryl methyl sites for hydroxylation is 2. The molecule has 1 aliphatic heterocycles. The van der Waals surface area contributed by atoms with E-state index >= 15 is 0 Å². The largest absolute Gasteiger partial charge is 0.358 e. The van der Waals surface area contributed by atoms with E-state index in [-0.39, 0.29) is 11.7 Å². The fourth-order valence-corrected chi connectivity index (χ4v) is 3.63. The van der Waals surface area contributed by atoms with Crippen molar-refractivity contribution in [2.75, 3.05) is 36.4 Å². The molecule has 0 saturated carbocycles. The van der Waals surface area contributed by atoms with Gasteiger partial charge in [-0.15, -0.1) is 0 Å². The van der Waals surface area contributed by atoms with Crippen LogP contribution < -0.4 is 15.1 Å². The molecule has 4 nitrogen and oxygen atoms in total. The van der Waals surface area contributed by atoms with E-state index < -0.39 is 0 Å². The fraction of sp³-hybridized carbons (Fsp3) is 0.381. The van der Waals surface area contributed by atoms with E-state index in [1.807, 2.05) is 6.92 Å². The first-order valence-corrected chi connectivity index (χ1v) is 9.15. The molecule has 0 spiro atoms. The van der Waals surface area contributed by atoms with Gasteiger partial charge in [-0.3, -0.25) is 4.79 Å². The fourth-order valence-electron chi connectivity index (χ4n) is 3.63. The summed E-state index contributed by atoms with van der Waals surface area (Å²) in [6, 6.07) is 13.4. The summed E-state index contributed by atoms with van der Waals surface area (Å²) in [5.41, 5.74) is 3.93. The van der Waals surface area contributed by atoms with Crippen molar-refractivity contribution in [2.24, 2.45) is 0 Å². The molecular formula is C21H27FN3O+. The smallest absolute Gasteiger partial charge is 0.279 e. The van der Waals surface area contributed by atoms with Gasteiger partial charge in [0.2, 0.25) is 0 Å². The van der Waals surface area contributed by atoms with Crippen LogP contribution in [-0.4, -0.2) is 38.1 Å². The Labute approximate surface area is 154 Å². The topological polar surface area (TPSA) is 36.8 Å². The third kappa shape index (κ3) is 4.41. The van der Waals surface area contributed by atoms with E-state index in [2.05, 4.69) is 48.3 Å². The number of carbonyl (C=O) groups excluding carboxylic acids is 1. The first-order valence-electron chi connectivity index (χ1n) is 9.15. The second kappa shape index (κ2) is 7.87. The summed E-state index contributed by atoms with van der Waals surface area (Å²) in [7, 11) is 0. The highest BCUT2D eigenvalue weighted by Crippen LogP contribution is 2.19. The quantitative estimate of drug-likeness (QED) is 0.881. The van der Waals surface area contributed by atoms with Crippen LogP contribution in [0.15, 0.2) is 42.5 Å². The van der Waals surface area contributed by atoms with E-state index in [1.54, 1.807) is 6.07 Å². The van der Waals surface area contributed by atoms with Gasteiger partial charge in [-0.25, -0.2) is 4.39 Å². The zero-order valence-electron chi connectivity index (χ0n) is 15.7. The number of benzene rings is 2. The SMILES string of the molecule is Cc1cccc(N2CC[NH+](CC(=O)Nc3cc(F)ccc3C)C[C@@H]2C)c1. The number of nitrogens with zero attached hydrogens (tertiary/aromatic N) is 1. The highest BCUT2D eigenvalue weighted by molar-refractivity contribution is 5.92. The molecule has 0 aromatic heterocycles. The van der Waals surface area contributed by atoms with Crippen LogP contribution in [0.3, 0.4) is 0 Å². The van der Waals surface area contributed by atoms with Crippen LogP contribution >= 0.6 is 0 Å². The van der Waals surface area contributed by atoms with Crippen LogP contribution in [0.1, 0.15) is 18.1 Å². The molecule has 1 saturated heterocycles. The highest BCUT2D eigenvalue weighted by atomic mass is 19.1. The maximum absolute atomic E-state index is 13.4. The Kier molecular flexibility index (Phi) is 5.57. The second-order valence-electron chi connectivity index (χ2n) is 7.27. The van der Waals surface area contributed by atoms with E-state index in [0.717, 1.165) is 25.2 Å². The van der Waals surface area contributed by atoms with E-state index in [1.165, 1.54) is 28.3 Å². The Morgan fingerprint density at radius 1 is 1.27 bits per heavy atom. The molecule has 2 aromatic rings. The van der Waals surface area contributed by atoms with Crippen molar-refractivity contribution < 1.29 is 14.1 Å². The Balaban J connectivity index is 1.57. The van der Waals surface area contributed by atoms with Gasteiger partial charge in [0.1, 0.15) is 5.82 Å². The van der Waals surface area contributed by atoms with Gasteiger partial charge in [-0.1, -0.05) is 18.2 Å². The standard InChI is InChI=1S/C21H26FN3O/c1-15-5-4-6-19(11-15)25-10-9-24(13-17(25)3)14-21(26)23-20-12-18(22)8-7-16(20)2/h4-8,11-12,17H,9-10,13-14H2,1-3H3,(H,23,26)/p+1/t17-/m0/s1. The average molecular weight is 356 g/mol. The summed E-state index contributed by atoms with van der Waals surface area (Å²) in [6.07, 6.45) is 0. The minimum Gasteiger partial charge on any atom is -0.358 e. The van der Waals surface area contributed by atoms with Crippen molar-refractivity contribution in [3.8, 4) is 0 Å². The van der Waals surface area contributed by atoms with Gasteiger partial charge in [0.15, 0.2) is 6.54 Å². The van der Waals surface area contributed by atoms with Gasteiger partial charge in [0.25, 0.3) is 5.91 Å². The molecule has 1 fully saturated rings. The molecule has 5 heteroatoms. The van der Waals surface area contributed by atoms with Crippen LogP contribution in [0.2, 0.25) is 0 Å². The molecule has 2 aromatic carbocycles. The van der Waals surface area contributed by atoms with Crippen LogP contribution in [-0.2, 0) is 4.79 Å². The molecule has 26 heavy (non-hydrogen) atoms. The Bertz CT molecular complexity index is 793. The molecular weight excluding hydrogens is 329 g/mol. The van der Waals surface area contributed by atoms with Gasteiger partial charge in [-0.2, -0.15) is 0 Å². The molecule has 0 aliphatic carbocycles. The molecule has 1 unspecified atom stereocenters. The lowest BCUT2D eigenvalue weighted by atomic mass is 10.1. The van der Waals surface area contributed by atoms with Gasteiger partial charge < -0.3 is 15.1 Å². The third-order valence-corrected chi connectivity index (χ3v) is 5.04. The number of hydrogen-bond donors (Lipinski definition) is 2. The first-order chi connectivity index (χ1) is 12.4. The summed E-state index contributed by atoms with van der Waals surface area (Å²) in [4.78, 5) is 16.0. The number of nitrogens with one attached hydrogen (secondary N) is 2. The molecule has 1 amide bonds. The van der Waals surface area contributed by atoms with Gasteiger partial charge in [0.05, 0.1) is 25.7 Å². The molecule has 2 atom stereocenters. The zero-order valence-corrected chi connectivity index (χ0v) is 15.7. The van der Waals surface area contributed by atoms with Gasteiger partial charge in [-0.05, 0) is 56.2 Å². The van der Waals surface area contributed by atoms with Crippen molar-refractivity contribution in [1.29, 1.82) is 0 Å². The van der Waals surface area contributed by atoms with Crippen molar-refractivity contribution in [2.45, 2.75) is 26.8 Å². The minimum atomic E-state index is -0.335. The van der Waals surface area contributed by atoms with E-state index in [9.17, 15) is 9.18 Å². The lowest BCUT2D eigenvalue weighted by Gasteiger charge is -2.38. The Hall–Kier alpha value is -2.40. The van der Waals surface area contributed by atoms with Gasteiger partial charge >= 0.3 is 0 Å². The predicted octanol–water partition coefficient (Wildman–Crippen LogP) is 2.17. The summed E-state index contributed by atoms with van der Waals surface area (Å²) < 4.78 is 13.4. The number of quaternary nitrogens is 1. The monoisotopic (exact) mass is 356 g/mol. The Morgan fingerprint density at radius 2 is 2.08 bits per heavy atom. The van der Waals surface area contributed by atoms with Crippen LogP contribution in [0.5, 0.6) is 0 Å². The summed E-state index contributed by atoms with van der Waals surface area (Å²) in [5.74, 6) is -0.399. The summed E-state index contributed by atoms with van der Waals surface area (Å²) >= 11 is 0. The predicted molar refractivity (Wildman–Crippen MR) is 103 cm³/mol. The molecule has 0 radical (unpaired) electrons. The van der Waals surface area contributed by atoms with Crippen molar-refractivity contribution in [3.63, 3.8) is 0 Å². The molecule has 1 aliphatic rings. The molecule has 0 bridgehead atoms. The lowest BCUT2D eigenvalue weighted by Crippen LogP contribution is -3.16. The van der Waals surface area contributed by atoms with Gasteiger partial charge in [0, 0.05) is 11.4 Å². The summed E-state index contributed by atoms with van der Waals surface area (Å²) in [5, 5.41) is 2.85. The van der Waals surface area contributed by atoms with Crippen LogP contribution in [0, 0.1) is 19.7 Å². The second-order valence-corrected chi connectivity index (χ2v) is 7.27. The normalized spacial score (nSPS) is 20.1. The first kappa shape index (κ1) is 18.4. The average Bonchev–Trinajstić information content (AvgIpc) is 2.58. The van der Waals surface area contributed by atoms with Crippen molar-refractivity contribution >= 4 is 17.3 Å². The van der Waals surface area contributed by atoms with Crippen molar-refractivity contribution in [1.82, 2.24) is 0 Å². The molecule has 2 N–H and O–H groups in total. The van der Waals surface area contributed by atoms with E-state index in [4.69, 9.17) is 0 Å². The minimum absolute atomic E-state index is 0.0649. The van der Waals surface area contributed by atoms with Crippen molar-refractivity contribution in [3.05, 3.63) is 59.4 Å². The van der Waals surface area contributed by atoms with E-state index in [0.29, 0.717) is 18.3 Å². The van der Waals surface area contributed by atoms with Crippen LogP contribution in [0.4, 0.5) is 15.8 Å².